The highest BCUT2D eigenvalue weighted by atomic mass is 19.1. The van der Waals surface area contributed by atoms with E-state index in [1.807, 2.05) is 0 Å². The van der Waals surface area contributed by atoms with Gasteiger partial charge in [-0.3, -0.25) is 0 Å². The number of rotatable bonds is 5. The van der Waals surface area contributed by atoms with Crippen LogP contribution in [0.2, 0.25) is 0 Å². The molecule has 1 fully saturated rings. The molecule has 0 amide bonds. The molecule has 0 spiro atoms. The summed E-state index contributed by atoms with van der Waals surface area (Å²) in [4.78, 5) is 7.71. The Bertz CT molecular complexity index is 886. The molecule has 3 heterocycles. The lowest BCUT2D eigenvalue weighted by Gasteiger charge is -2.49. The monoisotopic (exact) mass is 395 g/mol. The van der Waals surface area contributed by atoms with E-state index >= 15 is 0 Å². The minimum Gasteiger partial charge on any atom is -0.494 e. The van der Waals surface area contributed by atoms with Gasteiger partial charge in [0, 0.05) is 51.2 Å². The number of hydrogen-bond donors (Lipinski definition) is 0. The van der Waals surface area contributed by atoms with Crippen LogP contribution in [0, 0.1) is 5.82 Å². The average Bonchev–Trinajstić information content (AvgIpc) is 2.98. The predicted molar refractivity (Wildman–Crippen MR) is 116 cm³/mol. The summed E-state index contributed by atoms with van der Waals surface area (Å²) in [5.74, 6) is 1.08. The Labute approximate surface area is 172 Å². The van der Waals surface area contributed by atoms with Crippen LogP contribution in [0.1, 0.15) is 31.2 Å². The highest BCUT2D eigenvalue weighted by Gasteiger charge is 2.52. The minimum absolute atomic E-state index is 0.224. The lowest BCUT2D eigenvalue weighted by Crippen LogP contribution is -2.57. The predicted octanol–water partition coefficient (Wildman–Crippen LogP) is 4.11. The van der Waals surface area contributed by atoms with Gasteiger partial charge in [-0.1, -0.05) is 12.1 Å². The molecule has 5 heteroatoms. The molecule has 0 unspecified atom stereocenters. The van der Waals surface area contributed by atoms with Crippen LogP contribution in [-0.2, 0) is 0 Å². The van der Waals surface area contributed by atoms with Crippen molar-refractivity contribution in [3.05, 3.63) is 53.8 Å². The molecule has 3 aliphatic heterocycles. The van der Waals surface area contributed by atoms with Crippen molar-refractivity contribution in [2.75, 3.05) is 56.2 Å². The molecule has 3 aliphatic rings. The van der Waals surface area contributed by atoms with Crippen molar-refractivity contribution in [1.82, 2.24) is 4.90 Å². The van der Waals surface area contributed by atoms with E-state index in [1.54, 1.807) is 12.1 Å². The molecule has 2 aromatic rings. The fourth-order valence-electron chi connectivity index (χ4n) is 5.50. The van der Waals surface area contributed by atoms with Crippen molar-refractivity contribution >= 4 is 11.4 Å². The second-order valence-electron chi connectivity index (χ2n) is 8.90. The summed E-state index contributed by atoms with van der Waals surface area (Å²) in [6, 6.07) is 13.1. The second-order valence-corrected chi connectivity index (χ2v) is 8.90. The van der Waals surface area contributed by atoms with Crippen LogP contribution >= 0.6 is 0 Å². The summed E-state index contributed by atoms with van der Waals surface area (Å²) in [7, 11) is 2.21. The first kappa shape index (κ1) is 18.7. The molecule has 154 valence electrons. The highest BCUT2D eigenvalue weighted by Crippen LogP contribution is 2.55. The van der Waals surface area contributed by atoms with Gasteiger partial charge < -0.3 is 19.4 Å². The Morgan fingerprint density at radius 2 is 1.93 bits per heavy atom. The zero-order valence-electron chi connectivity index (χ0n) is 17.4. The lowest BCUT2D eigenvalue weighted by atomic mass is 9.78. The van der Waals surface area contributed by atoms with Crippen molar-refractivity contribution in [2.45, 2.75) is 31.2 Å². The first-order valence-corrected chi connectivity index (χ1v) is 10.8. The molecule has 0 aliphatic carbocycles. The van der Waals surface area contributed by atoms with Gasteiger partial charge in [0.1, 0.15) is 11.6 Å². The maximum atomic E-state index is 13.0. The minimum atomic E-state index is -0.224. The molecule has 29 heavy (non-hydrogen) atoms. The third-order valence-corrected chi connectivity index (χ3v) is 7.20. The van der Waals surface area contributed by atoms with E-state index in [-0.39, 0.29) is 11.4 Å². The van der Waals surface area contributed by atoms with E-state index in [0.717, 1.165) is 44.9 Å². The number of piperidine rings is 1. The third-order valence-electron chi connectivity index (χ3n) is 7.20. The smallest absolute Gasteiger partial charge is 0.123 e. The van der Waals surface area contributed by atoms with Gasteiger partial charge in [0.15, 0.2) is 0 Å². The van der Waals surface area contributed by atoms with Gasteiger partial charge in [-0.05, 0) is 55.7 Å². The fraction of sp³-hybridized carbons (Fsp3) is 0.500. The molecule has 0 aromatic heterocycles. The zero-order chi connectivity index (χ0) is 20.0. The Hall–Kier alpha value is -2.27. The van der Waals surface area contributed by atoms with E-state index < -0.39 is 0 Å². The SMILES string of the molecule is CN1CCN2c3c(cccc31)[C@@H]1CN(CCCOc3ccc(F)cc3)CC[C@@]12C. The fourth-order valence-corrected chi connectivity index (χ4v) is 5.50. The van der Waals surface area contributed by atoms with Crippen molar-refractivity contribution in [2.24, 2.45) is 0 Å². The Balaban J connectivity index is 1.24. The van der Waals surface area contributed by atoms with E-state index in [4.69, 9.17) is 4.74 Å². The number of para-hydroxylation sites is 1. The van der Waals surface area contributed by atoms with Crippen molar-refractivity contribution in [1.29, 1.82) is 0 Å². The average molecular weight is 396 g/mol. The molecular formula is C24H30FN3O. The second kappa shape index (κ2) is 7.21. The van der Waals surface area contributed by atoms with Gasteiger partial charge in [-0.15, -0.1) is 0 Å². The van der Waals surface area contributed by atoms with Crippen LogP contribution in [0.4, 0.5) is 15.8 Å². The van der Waals surface area contributed by atoms with Crippen LogP contribution in [0.15, 0.2) is 42.5 Å². The summed E-state index contributed by atoms with van der Waals surface area (Å²) in [6.07, 6.45) is 2.19. The molecule has 1 saturated heterocycles. The quantitative estimate of drug-likeness (QED) is 0.709. The number of fused-ring (bicyclic) bond motifs is 3. The summed E-state index contributed by atoms with van der Waals surface area (Å²) >= 11 is 0. The number of likely N-dealkylation sites (N-methyl/N-ethyl adjacent to an activating group) is 1. The van der Waals surface area contributed by atoms with Crippen LogP contribution < -0.4 is 14.5 Å². The van der Waals surface area contributed by atoms with Crippen molar-refractivity contribution in [3.63, 3.8) is 0 Å². The standard InChI is InChI=1S/C24H30FN3O/c1-24-11-13-27(12-4-16-29-19-9-7-18(25)8-10-19)17-21(24)20-5-3-6-22-23(20)28(24)15-14-26(22)2/h3,5-10,21H,4,11-17H2,1-2H3/t21-,24-/m0/s1. The highest BCUT2D eigenvalue weighted by molar-refractivity contribution is 5.81. The summed E-state index contributed by atoms with van der Waals surface area (Å²) < 4.78 is 18.8. The molecule has 5 rings (SSSR count). The number of likely N-dealkylation sites (tertiary alicyclic amines) is 1. The summed E-state index contributed by atoms with van der Waals surface area (Å²) in [5, 5.41) is 0. The van der Waals surface area contributed by atoms with Gasteiger partial charge in [-0.25, -0.2) is 4.39 Å². The van der Waals surface area contributed by atoms with E-state index in [2.05, 4.69) is 46.9 Å². The van der Waals surface area contributed by atoms with Crippen LogP contribution in [-0.4, -0.2) is 56.8 Å². The zero-order valence-corrected chi connectivity index (χ0v) is 17.4. The molecule has 2 aromatic carbocycles. The maximum absolute atomic E-state index is 13.0. The summed E-state index contributed by atoms with van der Waals surface area (Å²) in [6.45, 7) is 8.66. The number of hydrogen-bond acceptors (Lipinski definition) is 4. The van der Waals surface area contributed by atoms with Gasteiger partial charge >= 0.3 is 0 Å². The van der Waals surface area contributed by atoms with Crippen LogP contribution in [0.5, 0.6) is 5.75 Å². The van der Waals surface area contributed by atoms with Gasteiger partial charge in [0.25, 0.3) is 0 Å². The van der Waals surface area contributed by atoms with Crippen molar-refractivity contribution in [3.8, 4) is 5.75 Å². The van der Waals surface area contributed by atoms with E-state index in [0.29, 0.717) is 12.5 Å². The molecule has 0 radical (unpaired) electrons. The topological polar surface area (TPSA) is 19.0 Å². The van der Waals surface area contributed by atoms with E-state index in [9.17, 15) is 4.39 Å². The molecule has 0 N–H and O–H groups in total. The number of nitrogens with zero attached hydrogens (tertiary/aromatic N) is 3. The first-order valence-electron chi connectivity index (χ1n) is 10.8. The Morgan fingerprint density at radius 1 is 1.10 bits per heavy atom. The number of benzene rings is 2. The normalized spacial score (nSPS) is 25.7. The van der Waals surface area contributed by atoms with Crippen LogP contribution in [0.3, 0.4) is 0 Å². The Kier molecular flexibility index (Phi) is 4.66. The molecule has 4 nitrogen and oxygen atoms in total. The van der Waals surface area contributed by atoms with Crippen molar-refractivity contribution < 1.29 is 9.13 Å². The number of anilines is 2. The summed E-state index contributed by atoms with van der Waals surface area (Å²) in [5.41, 5.74) is 4.64. The number of halogens is 1. The molecule has 0 saturated carbocycles. The first-order chi connectivity index (χ1) is 14.1. The van der Waals surface area contributed by atoms with E-state index in [1.165, 1.54) is 35.5 Å². The van der Waals surface area contributed by atoms with Gasteiger partial charge in [0.2, 0.25) is 0 Å². The molecular weight excluding hydrogens is 365 g/mol. The van der Waals surface area contributed by atoms with Gasteiger partial charge in [0.05, 0.1) is 18.0 Å². The van der Waals surface area contributed by atoms with Gasteiger partial charge in [-0.2, -0.15) is 0 Å². The number of ether oxygens (including phenoxy) is 1. The van der Waals surface area contributed by atoms with Crippen LogP contribution in [0.25, 0.3) is 0 Å². The third kappa shape index (κ3) is 3.16. The lowest BCUT2D eigenvalue weighted by molar-refractivity contribution is 0.140. The largest absolute Gasteiger partial charge is 0.494 e. The molecule has 2 atom stereocenters. The molecule has 0 bridgehead atoms. The maximum Gasteiger partial charge on any atom is 0.123 e. The Morgan fingerprint density at radius 3 is 2.76 bits per heavy atom.